The maximum atomic E-state index is 13.2. The van der Waals surface area contributed by atoms with Crippen LogP contribution < -0.4 is 9.47 Å². The van der Waals surface area contributed by atoms with Crippen molar-refractivity contribution in [2.24, 2.45) is 0 Å². The molecular formula is C27H34N2O5. The average molecular weight is 467 g/mol. The summed E-state index contributed by atoms with van der Waals surface area (Å²) < 4.78 is 10.6. The molecule has 7 heteroatoms. The number of likely N-dealkylation sites (N-methyl/N-ethyl adjacent to an activating group) is 1. The fraction of sp³-hybridized carbons (Fsp3) is 0.407. The summed E-state index contributed by atoms with van der Waals surface area (Å²) in [5.74, 6) is -0.582. The number of nitrogens with zero attached hydrogens (tertiary/aromatic N) is 2. The van der Waals surface area contributed by atoms with E-state index in [9.17, 15) is 14.7 Å². The summed E-state index contributed by atoms with van der Waals surface area (Å²) in [5, 5.41) is 11.3. The normalized spacial score (nSPS) is 17.5. The van der Waals surface area contributed by atoms with E-state index < -0.39 is 17.7 Å². The highest BCUT2D eigenvalue weighted by atomic mass is 16.5. The number of carbonyl (C=O) groups excluding carboxylic acids is 2. The summed E-state index contributed by atoms with van der Waals surface area (Å²) in [6, 6.07) is 12.1. The molecule has 0 radical (unpaired) electrons. The Morgan fingerprint density at radius 3 is 2.18 bits per heavy atom. The minimum Gasteiger partial charge on any atom is -0.507 e. The molecule has 0 unspecified atom stereocenters. The Hall–Kier alpha value is -3.32. The highest BCUT2D eigenvalue weighted by Gasteiger charge is 2.46. The first-order valence-electron chi connectivity index (χ1n) is 11.7. The minimum atomic E-state index is -0.684. The van der Waals surface area contributed by atoms with Crippen molar-refractivity contribution in [3.63, 3.8) is 0 Å². The third-order valence-electron chi connectivity index (χ3n) is 6.45. The molecule has 1 heterocycles. The second-order valence-electron chi connectivity index (χ2n) is 8.18. The van der Waals surface area contributed by atoms with Crippen LogP contribution in [-0.2, 0) is 16.0 Å². The van der Waals surface area contributed by atoms with Crippen LogP contribution in [0, 0.1) is 0 Å². The van der Waals surface area contributed by atoms with Gasteiger partial charge in [0.25, 0.3) is 11.7 Å². The molecule has 1 N–H and O–H groups in total. The Morgan fingerprint density at radius 2 is 1.62 bits per heavy atom. The summed E-state index contributed by atoms with van der Waals surface area (Å²) in [6.45, 7) is 8.92. The third kappa shape index (κ3) is 4.94. The van der Waals surface area contributed by atoms with Crippen molar-refractivity contribution in [2.75, 3.05) is 40.4 Å². The van der Waals surface area contributed by atoms with Gasteiger partial charge in [0.2, 0.25) is 0 Å². The number of aryl methyl sites for hydroxylation is 1. The van der Waals surface area contributed by atoms with Crippen molar-refractivity contribution in [3.05, 3.63) is 64.7 Å². The van der Waals surface area contributed by atoms with E-state index in [1.165, 1.54) is 14.2 Å². The van der Waals surface area contributed by atoms with Crippen LogP contribution in [-0.4, -0.2) is 67.0 Å². The third-order valence-corrected chi connectivity index (χ3v) is 6.45. The van der Waals surface area contributed by atoms with Gasteiger partial charge < -0.3 is 24.4 Å². The van der Waals surface area contributed by atoms with Gasteiger partial charge in [0, 0.05) is 18.7 Å². The SMILES string of the molecule is CCc1ccc([C@H]2C(=C(O)c3ccc(OC)c(OC)c3)C(=O)C(=O)N2CCN(CC)CC)cc1. The Balaban J connectivity index is 2.12. The molecule has 2 aromatic rings. The van der Waals surface area contributed by atoms with Crippen molar-refractivity contribution in [3.8, 4) is 11.5 Å². The smallest absolute Gasteiger partial charge is 0.295 e. The number of aliphatic hydroxyl groups is 1. The molecule has 3 rings (SSSR count). The highest BCUT2D eigenvalue weighted by Crippen LogP contribution is 2.40. The van der Waals surface area contributed by atoms with Crippen LogP contribution in [0.25, 0.3) is 5.76 Å². The van der Waals surface area contributed by atoms with Crippen LogP contribution in [0.5, 0.6) is 11.5 Å². The molecule has 182 valence electrons. The number of amides is 1. The van der Waals surface area contributed by atoms with Gasteiger partial charge in [-0.3, -0.25) is 9.59 Å². The van der Waals surface area contributed by atoms with E-state index in [1.807, 2.05) is 24.3 Å². The quantitative estimate of drug-likeness (QED) is 0.324. The topological polar surface area (TPSA) is 79.3 Å². The van der Waals surface area contributed by atoms with Crippen LogP contribution in [0.4, 0.5) is 0 Å². The van der Waals surface area contributed by atoms with E-state index in [4.69, 9.17) is 9.47 Å². The number of hydrogen-bond donors (Lipinski definition) is 1. The second kappa shape index (κ2) is 11.2. The molecule has 7 nitrogen and oxygen atoms in total. The summed E-state index contributed by atoms with van der Waals surface area (Å²) in [4.78, 5) is 30.1. The van der Waals surface area contributed by atoms with Crippen LogP contribution in [0.3, 0.4) is 0 Å². The Bertz CT molecular complexity index is 1060. The summed E-state index contributed by atoms with van der Waals surface area (Å²) in [6.07, 6.45) is 0.883. The minimum absolute atomic E-state index is 0.0843. The number of aliphatic hydroxyl groups excluding tert-OH is 1. The number of ether oxygens (including phenoxy) is 2. The van der Waals surface area contributed by atoms with Gasteiger partial charge in [-0.2, -0.15) is 0 Å². The van der Waals surface area contributed by atoms with Gasteiger partial charge in [0.15, 0.2) is 11.5 Å². The number of ketones is 1. The maximum Gasteiger partial charge on any atom is 0.295 e. The number of carbonyl (C=O) groups is 2. The van der Waals surface area contributed by atoms with E-state index in [0.29, 0.717) is 30.2 Å². The molecule has 1 aliphatic heterocycles. The van der Waals surface area contributed by atoms with Crippen molar-refractivity contribution in [1.29, 1.82) is 0 Å². The van der Waals surface area contributed by atoms with E-state index >= 15 is 0 Å². The predicted molar refractivity (Wildman–Crippen MR) is 132 cm³/mol. The lowest BCUT2D eigenvalue weighted by molar-refractivity contribution is -0.140. The molecule has 34 heavy (non-hydrogen) atoms. The van der Waals surface area contributed by atoms with Gasteiger partial charge in [-0.05, 0) is 48.8 Å². The molecule has 2 aromatic carbocycles. The zero-order valence-electron chi connectivity index (χ0n) is 20.6. The summed E-state index contributed by atoms with van der Waals surface area (Å²) >= 11 is 0. The van der Waals surface area contributed by atoms with Crippen LogP contribution in [0.1, 0.15) is 43.5 Å². The first kappa shape index (κ1) is 25.3. The van der Waals surface area contributed by atoms with Crippen molar-refractivity contribution < 1.29 is 24.2 Å². The number of benzene rings is 2. The van der Waals surface area contributed by atoms with Gasteiger partial charge in [-0.25, -0.2) is 0 Å². The predicted octanol–water partition coefficient (Wildman–Crippen LogP) is 4.03. The number of rotatable bonds is 10. The van der Waals surface area contributed by atoms with Gasteiger partial charge in [0.05, 0.1) is 25.8 Å². The van der Waals surface area contributed by atoms with E-state index in [0.717, 1.165) is 30.6 Å². The van der Waals surface area contributed by atoms with E-state index in [1.54, 1.807) is 23.1 Å². The Morgan fingerprint density at radius 1 is 0.971 bits per heavy atom. The number of methoxy groups -OCH3 is 2. The van der Waals surface area contributed by atoms with Gasteiger partial charge in [-0.1, -0.05) is 45.0 Å². The number of Topliss-reactive ketones (excluding diaryl/α,β-unsaturated/α-hetero) is 1. The van der Waals surface area contributed by atoms with Crippen LogP contribution in [0.2, 0.25) is 0 Å². The molecule has 1 amide bonds. The van der Waals surface area contributed by atoms with Crippen molar-refractivity contribution >= 4 is 17.4 Å². The number of likely N-dealkylation sites (tertiary alicyclic amines) is 1. The van der Waals surface area contributed by atoms with Gasteiger partial charge in [0.1, 0.15) is 5.76 Å². The molecular weight excluding hydrogens is 432 g/mol. The first-order valence-corrected chi connectivity index (χ1v) is 11.7. The van der Waals surface area contributed by atoms with Crippen molar-refractivity contribution in [2.45, 2.75) is 33.2 Å². The van der Waals surface area contributed by atoms with Crippen molar-refractivity contribution in [1.82, 2.24) is 9.80 Å². The average Bonchev–Trinajstić information content (AvgIpc) is 3.13. The second-order valence-corrected chi connectivity index (χ2v) is 8.18. The zero-order chi connectivity index (χ0) is 24.8. The summed E-state index contributed by atoms with van der Waals surface area (Å²) in [5.41, 5.74) is 2.41. The standard InChI is InChI=1S/C27H34N2O5/c1-6-18-9-11-19(12-10-18)24-23(25(30)20-13-14-21(33-4)22(17-20)34-5)26(31)27(32)29(24)16-15-28(7-2)8-3/h9-14,17,24,30H,6-8,15-16H2,1-5H3/t24-/m0/s1. The molecule has 0 spiro atoms. The highest BCUT2D eigenvalue weighted by molar-refractivity contribution is 6.46. The molecule has 1 fully saturated rings. The van der Waals surface area contributed by atoms with Crippen LogP contribution >= 0.6 is 0 Å². The molecule has 0 aromatic heterocycles. The van der Waals surface area contributed by atoms with E-state index in [2.05, 4.69) is 25.7 Å². The molecule has 0 saturated carbocycles. The molecule has 1 atom stereocenters. The lowest BCUT2D eigenvalue weighted by Gasteiger charge is -2.28. The Kier molecular flexibility index (Phi) is 8.34. The van der Waals surface area contributed by atoms with Gasteiger partial charge in [-0.15, -0.1) is 0 Å². The lowest BCUT2D eigenvalue weighted by atomic mass is 9.94. The number of hydrogen-bond acceptors (Lipinski definition) is 6. The van der Waals surface area contributed by atoms with E-state index in [-0.39, 0.29) is 11.3 Å². The lowest BCUT2D eigenvalue weighted by Crippen LogP contribution is -2.38. The molecule has 0 bridgehead atoms. The summed E-state index contributed by atoms with van der Waals surface area (Å²) in [7, 11) is 3.03. The fourth-order valence-corrected chi connectivity index (χ4v) is 4.32. The molecule has 0 aliphatic carbocycles. The first-order chi connectivity index (χ1) is 16.4. The monoisotopic (exact) mass is 466 g/mol. The largest absolute Gasteiger partial charge is 0.507 e. The molecule has 1 aliphatic rings. The zero-order valence-corrected chi connectivity index (χ0v) is 20.6. The fourth-order valence-electron chi connectivity index (χ4n) is 4.32. The Labute approximate surface area is 201 Å². The molecule has 1 saturated heterocycles. The van der Waals surface area contributed by atoms with Crippen LogP contribution in [0.15, 0.2) is 48.0 Å². The maximum absolute atomic E-state index is 13.2. The van der Waals surface area contributed by atoms with Gasteiger partial charge >= 0.3 is 0 Å².